The first-order valence-corrected chi connectivity index (χ1v) is 7.18. The van der Waals surface area contributed by atoms with E-state index in [-0.39, 0.29) is 0 Å². The van der Waals surface area contributed by atoms with Gasteiger partial charge in [0, 0.05) is 13.0 Å². The van der Waals surface area contributed by atoms with Crippen LogP contribution in [0.3, 0.4) is 0 Å². The topological polar surface area (TPSA) is 9.23 Å². The van der Waals surface area contributed by atoms with Gasteiger partial charge in [0.25, 0.3) is 0 Å². The van der Waals surface area contributed by atoms with E-state index in [2.05, 4.69) is 37.0 Å². The van der Waals surface area contributed by atoms with Crippen LogP contribution in [-0.4, -0.2) is 6.61 Å². The SMILES string of the molecule is CCCC/C=C/C#CCCCOCc1ccccc1. The molecular weight excluding hydrogens is 232 g/mol. The summed E-state index contributed by atoms with van der Waals surface area (Å²) >= 11 is 0. The molecule has 0 radical (unpaired) electrons. The lowest BCUT2D eigenvalue weighted by Gasteiger charge is -2.02. The molecular formula is C18H24O. The fourth-order valence-corrected chi connectivity index (χ4v) is 1.62. The average molecular weight is 256 g/mol. The van der Waals surface area contributed by atoms with E-state index in [0.29, 0.717) is 6.61 Å². The smallest absolute Gasteiger partial charge is 0.0716 e. The fourth-order valence-electron chi connectivity index (χ4n) is 1.62. The molecule has 0 saturated heterocycles. The highest BCUT2D eigenvalue weighted by atomic mass is 16.5. The van der Waals surface area contributed by atoms with Gasteiger partial charge in [-0.05, 0) is 24.5 Å². The van der Waals surface area contributed by atoms with Crippen LogP contribution in [0, 0.1) is 11.8 Å². The first kappa shape index (κ1) is 15.5. The summed E-state index contributed by atoms with van der Waals surface area (Å²) < 4.78 is 5.59. The lowest BCUT2D eigenvalue weighted by atomic mass is 10.2. The highest BCUT2D eigenvalue weighted by Crippen LogP contribution is 2.01. The van der Waals surface area contributed by atoms with Gasteiger partial charge in [-0.2, -0.15) is 0 Å². The number of rotatable bonds is 8. The average Bonchev–Trinajstić information content (AvgIpc) is 2.46. The Kier molecular flexibility index (Phi) is 9.46. The van der Waals surface area contributed by atoms with E-state index in [4.69, 9.17) is 4.74 Å². The van der Waals surface area contributed by atoms with Gasteiger partial charge in [0.15, 0.2) is 0 Å². The zero-order chi connectivity index (χ0) is 13.6. The largest absolute Gasteiger partial charge is 0.377 e. The predicted octanol–water partition coefficient (Wildman–Crippen LogP) is 4.73. The minimum Gasteiger partial charge on any atom is -0.377 e. The van der Waals surface area contributed by atoms with Crippen LogP contribution in [0.2, 0.25) is 0 Å². The number of allylic oxidation sites excluding steroid dienone is 2. The molecule has 1 heteroatoms. The molecule has 102 valence electrons. The Balaban J connectivity index is 1.97. The molecule has 0 aromatic heterocycles. The standard InChI is InChI=1S/C18H24O/c1-2-3-4-5-6-7-8-9-13-16-19-17-18-14-11-10-12-15-18/h5-6,10-12,14-15H,2-4,9,13,16-17H2,1H3/b6-5+. The van der Waals surface area contributed by atoms with E-state index in [1.54, 1.807) is 0 Å². The summed E-state index contributed by atoms with van der Waals surface area (Å²) in [6.07, 6.45) is 9.69. The van der Waals surface area contributed by atoms with Crippen molar-refractivity contribution < 1.29 is 4.74 Å². The van der Waals surface area contributed by atoms with Crippen molar-refractivity contribution in [2.45, 2.75) is 45.6 Å². The molecule has 1 nitrogen and oxygen atoms in total. The lowest BCUT2D eigenvalue weighted by molar-refractivity contribution is 0.119. The molecule has 0 bridgehead atoms. The summed E-state index contributed by atoms with van der Waals surface area (Å²) in [6, 6.07) is 10.3. The molecule has 1 aromatic carbocycles. The van der Waals surface area contributed by atoms with Crippen LogP contribution in [0.25, 0.3) is 0 Å². The number of unbranched alkanes of at least 4 members (excludes halogenated alkanes) is 3. The van der Waals surface area contributed by atoms with Crippen molar-refractivity contribution in [3.05, 3.63) is 48.0 Å². The fraction of sp³-hybridized carbons (Fsp3) is 0.444. The third kappa shape index (κ3) is 9.11. The minimum atomic E-state index is 0.700. The lowest BCUT2D eigenvalue weighted by Crippen LogP contribution is -1.94. The molecule has 0 aliphatic heterocycles. The van der Waals surface area contributed by atoms with E-state index in [1.807, 2.05) is 24.3 Å². The summed E-state index contributed by atoms with van der Waals surface area (Å²) in [7, 11) is 0. The number of hydrogen-bond acceptors (Lipinski definition) is 1. The molecule has 1 aromatic rings. The Morgan fingerprint density at radius 3 is 2.79 bits per heavy atom. The van der Waals surface area contributed by atoms with E-state index in [9.17, 15) is 0 Å². The Labute approximate surface area is 117 Å². The van der Waals surface area contributed by atoms with Crippen LogP contribution in [0.15, 0.2) is 42.5 Å². The molecule has 0 atom stereocenters. The number of ether oxygens (including phenoxy) is 1. The zero-order valence-corrected chi connectivity index (χ0v) is 11.9. The van der Waals surface area contributed by atoms with Crippen molar-refractivity contribution in [2.75, 3.05) is 6.61 Å². The van der Waals surface area contributed by atoms with E-state index in [0.717, 1.165) is 25.9 Å². The summed E-state index contributed by atoms with van der Waals surface area (Å²) in [4.78, 5) is 0. The first-order valence-electron chi connectivity index (χ1n) is 7.18. The molecule has 0 saturated carbocycles. The van der Waals surface area contributed by atoms with Crippen LogP contribution in [0.4, 0.5) is 0 Å². The maximum absolute atomic E-state index is 5.59. The predicted molar refractivity (Wildman–Crippen MR) is 81.8 cm³/mol. The van der Waals surface area contributed by atoms with Gasteiger partial charge in [-0.3, -0.25) is 0 Å². The van der Waals surface area contributed by atoms with Gasteiger partial charge in [-0.1, -0.05) is 68.0 Å². The second-order valence-electron chi connectivity index (χ2n) is 4.51. The van der Waals surface area contributed by atoms with Gasteiger partial charge in [0.2, 0.25) is 0 Å². The summed E-state index contributed by atoms with van der Waals surface area (Å²) in [5.41, 5.74) is 1.23. The molecule has 1 rings (SSSR count). The van der Waals surface area contributed by atoms with E-state index < -0.39 is 0 Å². The maximum Gasteiger partial charge on any atom is 0.0716 e. The first-order chi connectivity index (χ1) is 9.43. The van der Waals surface area contributed by atoms with Crippen LogP contribution in [-0.2, 0) is 11.3 Å². The minimum absolute atomic E-state index is 0.700. The second-order valence-corrected chi connectivity index (χ2v) is 4.51. The van der Waals surface area contributed by atoms with Gasteiger partial charge in [0.1, 0.15) is 0 Å². The van der Waals surface area contributed by atoms with Crippen LogP contribution < -0.4 is 0 Å². The number of benzene rings is 1. The van der Waals surface area contributed by atoms with Crippen molar-refractivity contribution >= 4 is 0 Å². The Bertz CT molecular complexity index is 395. The molecule has 0 spiro atoms. The molecule has 0 N–H and O–H groups in total. The number of hydrogen-bond donors (Lipinski definition) is 0. The molecule has 0 fully saturated rings. The van der Waals surface area contributed by atoms with Crippen molar-refractivity contribution in [2.24, 2.45) is 0 Å². The van der Waals surface area contributed by atoms with Crippen molar-refractivity contribution in [3.63, 3.8) is 0 Å². The quantitative estimate of drug-likeness (QED) is 0.482. The molecule has 0 aliphatic rings. The van der Waals surface area contributed by atoms with Crippen molar-refractivity contribution in [1.82, 2.24) is 0 Å². The zero-order valence-electron chi connectivity index (χ0n) is 11.9. The summed E-state index contributed by atoms with van der Waals surface area (Å²) in [5, 5.41) is 0. The highest BCUT2D eigenvalue weighted by molar-refractivity contribution is 5.15. The molecule has 19 heavy (non-hydrogen) atoms. The third-order valence-electron chi connectivity index (χ3n) is 2.73. The third-order valence-corrected chi connectivity index (χ3v) is 2.73. The van der Waals surface area contributed by atoms with Gasteiger partial charge < -0.3 is 4.74 Å². The van der Waals surface area contributed by atoms with Gasteiger partial charge in [0.05, 0.1) is 6.61 Å². The molecule has 0 aliphatic carbocycles. The second kappa shape index (κ2) is 11.6. The Morgan fingerprint density at radius 1 is 1.16 bits per heavy atom. The Hall–Kier alpha value is -1.52. The van der Waals surface area contributed by atoms with Gasteiger partial charge in [-0.25, -0.2) is 0 Å². The van der Waals surface area contributed by atoms with Crippen LogP contribution >= 0.6 is 0 Å². The molecule has 0 unspecified atom stereocenters. The highest BCUT2D eigenvalue weighted by Gasteiger charge is 1.90. The van der Waals surface area contributed by atoms with Gasteiger partial charge >= 0.3 is 0 Å². The van der Waals surface area contributed by atoms with Crippen LogP contribution in [0.5, 0.6) is 0 Å². The van der Waals surface area contributed by atoms with Crippen LogP contribution in [0.1, 0.15) is 44.6 Å². The summed E-state index contributed by atoms with van der Waals surface area (Å²) in [6.45, 7) is 3.68. The Morgan fingerprint density at radius 2 is 2.00 bits per heavy atom. The molecule has 0 amide bonds. The van der Waals surface area contributed by atoms with E-state index in [1.165, 1.54) is 18.4 Å². The van der Waals surface area contributed by atoms with Gasteiger partial charge in [-0.15, -0.1) is 0 Å². The summed E-state index contributed by atoms with van der Waals surface area (Å²) in [5.74, 6) is 6.21. The van der Waals surface area contributed by atoms with Crippen molar-refractivity contribution in [1.29, 1.82) is 0 Å². The van der Waals surface area contributed by atoms with E-state index >= 15 is 0 Å². The van der Waals surface area contributed by atoms with Crippen molar-refractivity contribution in [3.8, 4) is 11.8 Å². The molecule has 0 heterocycles. The maximum atomic E-state index is 5.59. The monoisotopic (exact) mass is 256 g/mol. The normalized spacial score (nSPS) is 10.4.